The van der Waals surface area contributed by atoms with E-state index >= 15 is 0 Å². The Kier molecular flexibility index (Phi) is 7.47. The fourth-order valence-corrected chi connectivity index (χ4v) is 6.40. The van der Waals surface area contributed by atoms with Crippen LogP contribution >= 0.6 is 23.2 Å². The topological polar surface area (TPSA) is 68.8 Å². The van der Waals surface area contributed by atoms with Crippen LogP contribution < -0.4 is 10.2 Å². The van der Waals surface area contributed by atoms with Gasteiger partial charge in [0.1, 0.15) is 0 Å². The molecular formula is C30H31Cl2N5O2. The van der Waals surface area contributed by atoms with Crippen LogP contribution in [0, 0.1) is 0 Å². The molecule has 0 spiro atoms. The summed E-state index contributed by atoms with van der Waals surface area (Å²) in [4.78, 5) is 37.1. The van der Waals surface area contributed by atoms with Gasteiger partial charge in [-0.2, -0.15) is 0 Å². The molecular weight excluding hydrogens is 533 g/mol. The molecule has 2 aromatic carbocycles. The van der Waals surface area contributed by atoms with Crippen molar-refractivity contribution in [2.45, 2.75) is 38.3 Å². The first-order valence-corrected chi connectivity index (χ1v) is 14.3. The summed E-state index contributed by atoms with van der Waals surface area (Å²) in [5.41, 5.74) is 3.84. The maximum absolute atomic E-state index is 13.4. The number of carbonyl (C=O) groups is 2. The van der Waals surface area contributed by atoms with E-state index in [1.54, 1.807) is 29.3 Å². The minimum absolute atomic E-state index is 0.0903. The largest absolute Gasteiger partial charge is 0.359 e. The van der Waals surface area contributed by atoms with Crippen LogP contribution in [0.25, 0.3) is 11.1 Å². The number of pyridine rings is 1. The SMILES string of the molecule is O=C1CNc2ncc(-c3ccc(C(=O)N4CCC[C@H]4CN4CCCC4)cc3)cc2N1Cc1c(Cl)cccc1Cl. The molecule has 0 aliphatic carbocycles. The molecule has 39 heavy (non-hydrogen) atoms. The van der Waals surface area contributed by atoms with Crippen molar-refractivity contribution in [2.24, 2.45) is 0 Å². The lowest BCUT2D eigenvalue weighted by Gasteiger charge is -2.30. The molecule has 0 radical (unpaired) electrons. The number of nitrogens with one attached hydrogen (secondary N) is 1. The van der Waals surface area contributed by atoms with Crippen LogP contribution in [0.5, 0.6) is 0 Å². The van der Waals surface area contributed by atoms with E-state index in [9.17, 15) is 9.59 Å². The third kappa shape index (κ3) is 5.36. The second-order valence-corrected chi connectivity index (χ2v) is 11.3. The van der Waals surface area contributed by atoms with Gasteiger partial charge in [-0.15, -0.1) is 0 Å². The average Bonchev–Trinajstić information content (AvgIpc) is 3.64. The van der Waals surface area contributed by atoms with E-state index < -0.39 is 0 Å². The third-order valence-corrected chi connectivity index (χ3v) is 8.72. The van der Waals surface area contributed by atoms with Crippen molar-refractivity contribution >= 4 is 46.5 Å². The molecule has 2 amide bonds. The Hall–Kier alpha value is -3.13. The standard InChI is InChI=1S/C30H31Cl2N5O2/c31-25-6-3-7-26(32)24(25)19-37-27-15-22(16-33-29(27)34-17-28(37)38)20-8-10-21(11-9-20)30(39)36-14-4-5-23(36)18-35-12-1-2-13-35/h3,6-11,15-16,23H,1-2,4-5,12-14,17-19H2,(H,33,34)/t23-/m0/s1. The first-order chi connectivity index (χ1) is 19.0. The molecule has 4 heterocycles. The van der Waals surface area contributed by atoms with Crippen molar-refractivity contribution in [2.75, 3.05) is 42.9 Å². The Morgan fingerprint density at radius 3 is 2.46 bits per heavy atom. The van der Waals surface area contributed by atoms with E-state index in [0.717, 1.165) is 50.1 Å². The van der Waals surface area contributed by atoms with Gasteiger partial charge in [0.15, 0.2) is 5.82 Å². The molecule has 1 N–H and O–H groups in total. The summed E-state index contributed by atoms with van der Waals surface area (Å²) >= 11 is 12.8. The Balaban J connectivity index is 1.22. The van der Waals surface area contributed by atoms with Gasteiger partial charge in [-0.25, -0.2) is 4.98 Å². The maximum Gasteiger partial charge on any atom is 0.254 e. The zero-order valence-corrected chi connectivity index (χ0v) is 23.2. The molecule has 202 valence electrons. The zero-order valence-electron chi connectivity index (χ0n) is 21.7. The second kappa shape index (κ2) is 11.2. The zero-order chi connectivity index (χ0) is 26.9. The number of aromatic nitrogens is 1. The van der Waals surface area contributed by atoms with E-state index in [0.29, 0.717) is 38.7 Å². The lowest BCUT2D eigenvalue weighted by Crippen LogP contribution is -2.42. The Bertz CT molecular complexity index is 1370. The van der Waals surface area contributed by atoms with Gasteiger partial charge in [0.05, 0.1) is 18.8 Å². The number of amides is 2. The van der Waals surface area contributed by atoms with E-state index in [4.69, 9.17) is 23.2 Å². The molecule has 2 saturated heterocycles. The highest BCUT2D eigenvalue weighted by Gasteiger charge is 2.31. The molecule has 0 unspecified atom stereocenters. The number of nitrogens with zero attached hydrogens (tertiary/aromatic N) is 4. The van der Waals surface area contributed by atoms with E-state index in [1.807, 2.05) is 30.3 Å². The number of fused-ring (bicyclic) bond motifs is 1. The van der Waals surface area contributed by atoms with Crippen molar-refractivity contribution < 1.29 is 9.59 Å². The summed E-state index contributed by atoms with van der Waals surface area (Å²) < 4.78 is 0. The van der Waals surface area contributed by atoms with Crippen LogP contribution in [0.2, 0.25) is 10.0 Å². The predicted molar refractivity (Wildman–Crippen MR) is 156 cm³/mol. The van der Waals surface area contributed by atoms with Gasteiger partial charge in [-0.05, 0) is 74.7 Å². The monoisotopic (exact) mass is 563 g/mol. The van der Waals surface area contributed by atoms with Crippen molar-refractivity contribution in [1.29, 1.82) is 0 Å². The summed E-state index contributed by atoms with van der Waals surface area (Å²) in [7, 11) is 0. The Morgan fingerprint density at radius 1 is 0.974 bits per heavy atom. The molecule has 2 fully saturated rings. The molecule has 1 aromatic heterocycles. The van der Waals surface area contributed by atoms with Gasteiger partial charge in [-0.3, -0.25) is 9.59 Å². The van der Waals surface area contributed by atoms with Crippen LogP contribution in [0.1, 0.15) is 41.6 Å². The molecule has 0 bridgehead atoms. The maximum atomic E-state index is 13.4. The molecule has 3 aliphatic rings. The number of anilines is 2. The Morgan fingerprint density at radius 2 is 1.72 bits per heavy atom. The van der Waals surface area contributed by atoms with Gasteiger partial charge in [0.2, 0.25) is 5.91 Å². The van der Waals surface area contributed by atoms with Gasteiger partial charge in [0.25, 0.3) is 5.91 Å². The van der Waals surface area contributed by atoms with E-state index in [2.05, 4.69) is 20.1 Å². The first kappa shape index (κ1) is 26.1. The highest BCUT2D eigenvalue weighted by atomic mass is 35.5. The Labute approximate surface area is 238 Å². The molecule has 7 nitrogen and oxygen atoms in total. The van der Waals surface area contributed by atoms with Crippen LogP contribution in [-0.4, -0.2) is 65.4 Å². The van der Waals surface area contributed by atoms with Crippen LogP contribution in [0.4, 0.5) is 11.5 Å². The van der Waals surface area contributed by atoms with Crippen molar-refractivity contribution in [3.05, 3.63) is 75.9 Å². The van der Waals surface area contributed by atoms with Crippen LogP contribution in [0.3, 0.4) is 0 Å². The summed E-state index contributed by atoms with van der Waals surface area (Å²) in [6.07, 6.45) is 6.44. The summed E-state index contributed by atoms with van der Waals surface area (Å²) in [5.74, 6) is 0.642. The number of halogens is 2. The number of carbonyl (C=O) groups excluding carboxylic acids is 2. The van der Waals surface area contributed by atoms with Crippen molar-refractivity contribution in [1.82, 2.24) is 14.8 Å². The molecule has 1 atom stereocenters. The van der Waals surface area contributed by atoms with Crippen molar-refractivity contribution in [3.63, 3.8) is 0 Å². The fourth-order valence-electron chi connectivity index (χ4n) is 5.88. The van der Waals surface area contributed by atoms with Gasteiger partial charge < -0.3 is 20.0 Å². The molecule has 3 aliphatic heterocycles. The first-order valence-electron chi connectivity index (χ1n) is 13.6. The number of likely N-dealkylation sites (tertiary alicyclic amines) is 2. The smallest absolute Gasteiger partial charge is 0.254 e. The number of hydrogen-bond acceptors (Lipinski definition) is 5. The van der Waals surface area contributed by atoms with Crippen LogP contribution in [0.15, 0.2) is 54.7 Å². The van der Waals surface area contributed by atoms with Crippen LogP contribution in [-0.2, 0) is 11.3 Å². The summed E-state index contributed by atoms with van der Waals surface area (Å²) in [6.45, 7) is 4.48. The highest BCUT2D eigenvalue weighted by molar-refractivity contribution is 6.36. The van der Waals surface area contributed by atoms with E-state index in [1.165, 1.54) is 12.8 Å². The number of hydrogen-bond donors (Lipinski definition) is 1. The lowest BCUT2D eigenvalue weighted by molar-refractivity contribution is -0.117. The summed E-state index contributed by atoms with van der Waals surface area (Å²) in [6, 6.07) is 15.3. The van der Waals surface area contributed by atoms with Gasteiger partial charge >= 0.3 is 0 Å². The predicted octanol–water partition coefficient (Wildman–Crippen LogP) is 5.71. The van der Waals surface area contributed by atoms with Gasteiger partial charge in [-0.1, -0.05) is 41.4 Å². The summed E-state index contributed by atoms with van der Waals surface area (Å²) in [5, 5.41) is 4.13. The number of benzene rings is 2. The normalized spacial score (nSPS) is 19.3. The quantitative estimate of drug-likeness (QED) is 0.415. The van der Waals surface area contributed by atoms with Gasteiger partial charge in [0, 0.05) is 52.1 Å². The average molecular weight is 565 g/mol. The highest BCUT2D eigenvalue weighted by Crippen LogP contribution is 2.35. The molecule has 3 aromatic rings. The molecule has 0 saturated carbocycles. The molecule has 9 heteroatoms. The molecule has 6 rings (SSSR count). The minimum atomic E-state index is -0.0903. The van der Waals surface area contributed by atoms with Crippen molar-refractivity contribution in [3.8, 4) is 11.1 Å². The second-order valence-electron chi connectivity index (χ2n) is 10.5. The number of rotatable bonds is 6. The fraction of sp³-hybridized carbons (Fsp3) is 0.367. The lowest BCUT2D eigenvalue weighted by atomic mass is 10.0. The van der Waals surface area contributed by atoms with E-state index in [-0.39, 0.29) is 24.9 Å². The third-order valence-electron chi connectivity index (χ3n) is 8.02. The minimum Gasteiger partial charge on any atom is -0.359 e.